The molecule has 158 valence electrons. The first kappa shape index (κ1) is 20.2. The van der Waals surface area contributed by atoms with Crippen LogP contribution in [-0.2, 0) is 15.1 Å². The third kappa shape index (κ3) is 3.48. The molecule has 0 radical (unpaired) electrons. The summed E-state index contributed by atoms with van der Waals surface area (Å²) in [6, 6.07) is 13.9. The van der Waals surface area contributed by atoms with Crippen LogP contribution in [0.2, 0.25) is 0 Å². The Labute approximate surface area is 175 Å². The van der Waals surface area contributed by atoms with Gasteiger partial charge in [0.2, 0.25) is 0 Å². The summed E-state index contributed by atoms with van der Waals surface area (Å²) < 4.78 is 15.9. The van der Waals surface area contributed by atoms with Gasteiger partial charge in [0, 0.05) is 13.1 Å². The molecule has 2 aromatic rings. The molecule has 8 heteroatoms. The molecule has 8 nitrogen and oxygen atoms in total. The van der Waals surface area contributed by atoms with Crippen LogP contribution in [0.5, 0.6) is 11.5 Å². The molecule has 30 heavy (non-hydrogen) atoms. The van der Waals surface area contributed by atoms with Crippen LogP contribution >= 0.6 is 0 Å². The first-order chi connectivity index (χ1) is 14.6. The predicted octanol–water partition coefficient (Wildman–Crippen LogP) is 1.79. The van der Waals surface area contributed by atoms with Crippen LogP contribution in [0.1, 0.15) is 11.1 Å². The Kier molecular flexibility index (Phi) is 5.61. The Hall–Kier alpha value is -3.10. The molecule has 2 aliphatic rings. The maximum atomic E-state index is 13.7. The number of hydrogen-bond acceptors (Lipinski definition) is 6. The molecule has 0 atom stereocenters. The second-order valence-corrected chi connectivity index (χ2v) is 7.24. The molecule has 2 fully saturated rings. The van der Waals surface area contributed by atoms with Gasteiger partial charge in [-0.2, -0.15) is 0 Å². The van der Waals surface area contributed by atoms with E-state index in [-0.39, 0.29) is 12.6 Å². The lowest BCUT2D eigenvalue weighted by atomic mass is 9.82. The zero-order chi connectivity index (χ0) is 21.1. The molecule has 2 heterocycles. The average Bonchev–Trinajstić information content (AvgIpc) is 3.05. The Bertz CT molecular complexity index is 860. The predicted molar refractivity (Wildman–Crippen MR) is 109 cm³/mol. The standard InChI is InChI=1S/C22H25N3O5/c1-28-18-7-3-16(4-8-18)22(17-5-9-19(29-2)10-6-17)20(26)25(21(27)23-22)15-24-11-13-30-14-12-24/h3-10H,11-15H2,1-2H3,(H,23,27). The number of nitrogens with one attached hydrogen (secondary N) is 1. The highest BCUT2D eigenvalue weighted by Gasteiger charge is 2.54. The van der Waals surface area contributed by atoms with Gasteiger partial charge in [0.1, 0.15) is 11.5 Å². The van der Waals surface area contributed by atoms with E-state index >= 15 is 0 Å². The van der Waals surface area contributed by atoms with E-state index in [1.54, 1.807) is 62.8 Å². The molecule has 0 spiro atoms. The number of nitrogens with zero attached hydrogens (tertiary/aromatic N) is 2. The summed E-state index contributed by atoms with van der Waals surface area (Å²) in [5, 5.41) is 2.96. The average molecular weight is 411 g/mol. The smallest absolute Gasteiger partial charge is 0.326 e. The van der Waals surface area contributed by atoms with Crippen LogP contribution in [0.4, 0.5) is 4.79 Å². The van der Waals surface area contributed by atoms with Crippen molar-refractivity contribution in [2.45, 2.75) is 5.54 Å². The second kappa shape index (κ2) is 8.33. The molecule has 0 saturated carbocycles. The summed E-state index contributed by atoms with van der Waals surface area (Å²) in [6.45, 7) is 2.75. The Morgan fingerprint density at radius 1 is 0.900 bits per heavy atom. The first-order valence-corrected chi connectivity index (χ1v) is 9.82. The minimum atomic E-state index is -1.32. The van der Waals surface area contributed by atoms with Crippen molar-refractivity contribution in [3.05, 3.63) is 59.7 Å². The van der Waals surface area contributed by atoms with E-state index in [2.05, 4.69) is 5.32 Å². The molecule has 0 aliphatic carbocycles. The molecule has 4 rings (SSSR count). The number of carbonyl (C=O) groups excluding carboxylic acids is 2. The molecule has 2 saturated heterocycles. The summed E-state index contributed by atoms with van der Waals surface area (Å²) in [5.41, 5.74) is 0.00892. The monoisotopic (exact) mass is 411 g/mol. The van der Waals surface area contributed by atoms with E-state index in [1.807, 2.05) is 4.90 Å². The zero-order valence-electron chi connectivity index (χ0n) is 17.1. The van der Waals surface area contributed by atoms with Crippen LogP contribution in [0.25, 0.3) is 0 Å². The third-order valence-corrected chi connectivity index (χ3v) is 5.60. The molecule has 0 unspecified atom stereocenters. The molecule has 2 aromatic carbocycles. The van der Waals surface area contributed by atoms with E-state index in [0.29, 0.717) is 48.9 Å². The number of rotatable bonds is 6. The highest BCUT2D eigenvalue weighted by atomic mass is 16.5. The summed E-state index contributed by atoms with van der Waals surface area (Å²) in [6.07, 6.45) is 0. The van der Waals surface area contributed by atoms with Crippen molar-refractivity contribution in [2.24, 2.45) is 0 Å². The van der Waals surface area contributed by atoms with Gasteiger partial charge < -0.3 is 19.5 Å². The fraction of sp³-hybridized carbons (Fsp3) is 0.364. The van der Waals surface area contributed by atoms with Crippen molar-refractivity contribution in [2.75, 3.05) is 47.2 Å². The molecule has 0 aromatic heterocycles. The summed E-state index contributed by atoms with van der Waals surface area (Å²) in [7, 11) is 3.17. The van der Waals surface area contributed by atoms with E-state index in [4.69, 9.17) is 14.2 Å². The summed E-state index contributed by atoms with van der Waals surface area (Å²) >= 11 is 0. The molecular formula is C22H25N3O5. The lowest BCUT2D eigenvalue weighted by Crippen LogP contribution is -2.48. The third-order valence-electron chi connectivity index (χ3n) is 5.60. The number of imide groups is 1. The Balaban J connectivity index is 1.74. The highest BCUT2D eigenvalue weighted by Crippen LogP contribution is 2.37. The topological polar surface area (TPSA) is 80.3 Å². The van der Waals surface area contributed by atoms with Crippen LogP contribution < -0.4 is 14.8 Å². The fourth-order valence-corrected chi connectivity index (χ4v) is 3.89. The van der Waals surface area contributed by atoms with Crippen LogP contribution in [0, 0.1) is 0 Å². The quantitative estimate of drug-likeness (QED) is 0.730. The van der Waals surface area contributed by atoms with Crippen molar-refractivity contribution < 1.29 is 23.8 Å². The number of ether oxygens (including phenoxy) is 3. The number of amides is 3. The number of morpholine rings is 1. The molecule has 3 amide bonds. The van der Waals surface area contributed by atoms with Crippen LogP contribution in [-0.4, -0.2) is 68.9 Å². The van der Waals surface area contributed by atoms with Crippen molar-refractivity contribution in [1.82, 2.24) is 15.1 Å². The molecule has 0 bridgehead atoms. The van der Waals surface area contributed by atoms with Gasteiger partial charge in [-0.15, -0.1) is 0 Å². The van der Waals surface area contributed by atoms with Gasteiger partial charge >= 0.3 is 6.03 Å². The van der Waals surface area contributed by atoms with Crippen molar-refractivity contribution in [1.29, 1.82) is 0 Å². The summed E-state index contributed by atoms with van der Waals surface area (Å²) in [5.74, 6) is 1.03. The second-order valence-electron chi connectivity index (χ2n) is 7.24. The highest BCUT2D eigenvalue weighted by molar-refractivity contribution is 6.09. The largest absolute Gasteiger partial charge is 0.497 e. The van der Waals surface area contributed by atoms with Gasteiger partial charge in [-0.3, -0.25) is 9.69 Å². The van der Waals surface area contributed by atoms with Crippen molar-refractivity contribution >= 4 is 11.9 Å². The van der Waals surface area contributed by atoms with Crippen molar-refractivity contribution in [3.63, 3.8) is 0 Å². The van der Waals surface area contributed by atoms with Gasteiger partial charge in [0.15, 0.2) is 5.54 Å². The number of methoxy groups -OCH3 is 2. The normalized spacial score (nSPS) is 18.9. The van der Waals surface area contributed by atoms with E-state index < -0.39 is 11.6 Å². The number of carbonyl (C=O) groups is 2. The van der Waals surface area contributed by atoms with Gasteiger partial charge in [-0.25, -0.2) is 9.69 Å². The lowest BCUT2D eigenvalue weighted by molar-refractivity contribution is -0.132. The van der Waals surface area contributed by atoms with Crippen molar-refractivity contribution in [3.8, 4) is 11.5 Å². The van der Waals surface area contributed by atoms with Crippen LogP contribution in [0.3, 0.4) is 0 Å². The molecule has 2 aliphatic heterocycles. The van der Waals surface area contributed by atoms with Gasteiger partial charge in [0.25, 0.3) is 5.91 Å². The Morgan fingerprint density at radius 2 is 1.40 bits per heavy atom. The fourth-order valence-electron chi connectivity index (χ4n) is 3.89. The minimum Gasteiger partial charge on any atom is -0.497 e. The molecule has 1 N–H and O–H groups in total. The minimum absolute atomic E-state index is 0.224. The molecular weight excluding hydrogens is 386 g/mol. The SMILES string of the molecule is COc1ccc(C2(c3ccc(OC)cc3)NC(=O)N(CN3CCOCC3)C2=O)cc1. The first-order valence-electron chi connectivity index (χ1n) is 9.82. The van der Waals surface area contributed by atoms with Crippen LogP contribution in [0.15, 0.2) is 48.5 Å². The Morgan fingerprint density at radius 3 is 1.87 bits per heavy atom. The van der Waals surface area contributed by atoms with Gasteiger partial charge in [0.05, 0.1) is 34.1 Å². The van der Waals surface area contributed by atoms with Gasteiger partial charge in [-0.1, -0.05) is 24.3 Å². The van der Waals surface area contributed by atoms with Gasteiger partial charge in [-0.05, 0) is 35.4 Å². The summed E-state index contributed by atoms with van der Waals surface area (Å²) in [4.78, 5) is 30.0. The van der Waals surface area contributed by atoms with E-state index in [9.17, 15) is 9.59 Å². The maximum Gasteiger partial charge on any atom is 0.326 e. The zero-order valence-corrected chi connectivity index (χ0v) is 17.1. The number of hydrogen-bond donors (Lipinski definition) is 1. The number of benzene rings is 2. The number of urea groups is 1. The van der Waals surface area contributed by atoms with E-state index in [1.165, 1.54) is 4.90 Å². The lowest BCUT2D eigenvalue weighted by Gasteiger charge is -2.31. The van der Waals surface area contributed by atoms with E-state index in [0.717, 1.165) is 0 Å². The maximum absolute atomic E-state index is 13.7.